The molecule has 1 aliphatic rings. The minimum atomic E-state index is -1.07. The number of amides is 4. The molecule has 1 aliphatic heterocycles. The van der Waals surface area contributed by atoms with E-state index in [0.717, 1.165) is 22.1 Å². The Hall–Kier alpha value is -3.88. The van der Waals surface area contributed by atoms with Crippen molar-refractivity contribution in [3.8, 4) is 5.75 Å². The van der Waals surface area contributed by atoms with Crippen molar-refractivity contribution in [1.29, 1.82) is 0 Å². The van der Waals surface area contributed by atoms with Gasteiger partial charge in [-0.2, -0.15) is 5.01 Å². The average molecular weight is 425 g/mol. The zero-order chi connectivity index (χ0) is 22.6. The number of ether oxygens (including phenoxy) is 2. The highest BCUT2D eigenvalue weighted by atomic mass is 16.5. The number of nitrogens with one attached hydrogen (secondary N) is 2. The van der Waals surface area contributed by atoms with E-state index in [0.29, 0.717) is 11.4 Å². The number of fused-ring (bicyclic) bond motifs is 1. The number of methoxy groups -OCH3 is 1. The second-order valence-electron chi connectivity index (χ2n) is 7.20. The fraction of sp³-hybridized carbons (Fsp3) is 0.273. The first kappa shape index (κ1) is 21.8. The molecule has 0 aliphatic carbocycles. The summed E-state index contributed by atoms with van der Waals surface area (Å²) in [5.41, 5.74) is 1.85. The maximum absolute atomic E-state index is 12.2. The molecule has 162 valence electrons. The normalized spacial score (nSPS) is 18.4. The van der Waals surface area contributed by atoms with Crippen molar-refractivity contribution in [2.24, 2.45) is 0 Å². The van der Waals surface area contributed by atoms with E-state index in [1.807, 2.05) is 36.4 Å². The van der Waals surface area contributed by atoms with E-state index in [4.69, 9.17) is 9.47 Å². The largest absolute Gasteiger partial charge is 0.497 e. The van der Waals surface area contributed by atoms with Gasteiger partial charge in [-0.1, -0.05) is 25.1 Å². The number of hydrazine groups is 1. The summed E-state index contributed by atoms with van der Waals surface area (Å²) in [7, 11) is 1.60. The number of carbonyl (C=O) groups is 4. The molecule has 0 saturated carbocycles. The van der Waals surface area contributed by atoms with Crippen LogP contribution in [0.3, 0.4) is 0 Å². The van der Waals surface area contributed by atoms with Gasteiger partial charge in [-0.25, -0.2) is 9.59 Å². The lowest BCUT2D eigenvalue weighted by atomic mass is 10.00. The molecule has 0 bridgehead atoms. The highest BCUT2D eigenvalue weighted by Crippen LogP contribution is 2.22. The Morgan fingerprint density at radius 2 is 1.87 bits per heavy atom. The summed E-state index contributed by atoms with van der Waals surface area (Å²) in [6, 6.07) is 10.6. The zero-order valence-electron chi connectivity index (χ0n) is 17.4. The molecule has 3 rings (SSSR count). The highest BCUT2D eigenvalue weighted by molar-refractivity contribution is 6.07. The number of benzene rings is 2. The van der Waals surface area contributed by atoms with E-state index in [9.17, 15) is 19.2 Å². The second kappa shape index (κ2) is 8.86. The van der Waals surface area contributed by atoms with Crippen molar-refractivity contribution < 1.29 is 28.7 Å². The quantitative estimate of drug-likeness (QED) is 0.399. The van der Waals surface area contributed by atoms with Gasteiger partial charge in [0, 0.05) is 6.08 Å². The molecule has 31 heavy (non-hydrogen) atoms. The van der Waals surface area contributed by atoms with Crippen molar-refractivity contribution in [2.75, 3.05) is 13.7 Å². The number of rotatable bonds is 7. The molecular weight excluding hydrogens is 402 g/mol. The number of carbonyl (C=O) groups excluding carboxylic acids is 4. The summed E-state index contributed by atoms with van der Waals surface area (Å²) in [5, 5.41) is 5.07. The first-order chi connectivity index (χ1) is 14.8. The Bertz CT molecular complexity index is 1080. The number of imide groups is 1. The first-order valence-electron chi connectivity index (χ1n) is 9.64. The van der Waals surface area contributed by atoms with Crippen LogP contribution in [0.2, 0.25) is 0 Å². The molecule has 2 aromatic rings. The third-order valence-electron chi connectivity index (χ3n) is 5.03. The second-order valence-corrected chi connectivity index (χ2v) is 7.20. The monoisotopic (exact) mass is 425 g/mol. The molecular formula is C22H23N3O6. The van der Waals surface area contributed by atoms with Crippen molar-refractivity contribution in [3.63, 3.8) is 0 Å². The van der Waals surface area contributed by atoms with Crippen molar-refractivity contribution >= 4 is 40.7 Å². The minimum Gasteiger partial charge on any atom is -0.497 e. The summed E-state index contributed by atoms with van der Waals surface area (Å²) in [6.45, 7) is 2.66. The predicted molar refractivity (Wildman–Crippen MR) is 113 cm³/mol. The number of urea groups is 1. The molecule has 1 atom stereocenters. The van der Waals surface area contributed by atoms with E-state index < -0.39 is 36.0 Å². The smallest absolute Gasteiger partial charge is 0.344 e. The van der Waals surface area contributed by atoms with Crippen LogP contribution in [0.1, 0.15) is 25.8 Å². The van der Waals surface area contributed by atoms with Gasteiger partial charge in [-0.05, 0) is 54.0 Å². The minimum absolute atomic E-state index is 0.367. The van der Waals surface area contributed by atoms with Crippen molar-refractivity contribution in [3.05, 3.63) is 48.0 Å². The number of esters is 1. The molecule has 9 nitrogen and oxygen atoms in total. The lowest BCUT2D eigenvalue weighted by Crippen LogP contribution is -2.49. The highest BCUT2D eigenvalue weighted by Gasteiger charge is 2.47. The van der Waals surface area contributed by atoms with Gasteiger partial charge in [-0.3, -0.25) is 15.0 Å². The molecule has 1 fully saturated rings. The van der Waals surface area contributed by atoms with Crippen LogP contribution in [0.4, 0.5) is 4.79 Å². The summed E-state index contributed by atoms with van der Waals surface area (Å²) in [5.74, 6) is -1.36. The van der Waals surface area contributed by atoms with Crippen molar-refractivity contribution in [2.45, 2.75) is 25.8 Å². The average Bonchev–Trinajstić information content (AvgIpc) is 2.99. The summed E-state index contributed by atoms with van der Waals surface area (Å²) >= 11 is 0. The van der Waals surface area contributed by atoms with E-state index in [1.54, 1.807) is 27.0 Å². The molecule has 0 radical (unpaired) electrons. The summed E-state index contributed by atoms with van der Waals surface area (Å²) < 4.78 is 10.1. The molecule has 1 saturated heterocycles. The standard InChI is InChI=1S/C22H23N3O6/c1-4-22(2)20(28)25(21(29)23-22)24-18(26)13-31-19(27)10-6-14-5-7-16-12-17(30-3)9-8-15(16)11-14/h5-12H,4,13H2,1-3H3,(H,23,29)(H,24,26)/b10-6+. The van der Waals surface area contributed by atoms with Gasteiger partial charge in [0.2, 0.25) is 0 Å². The Morgan fingerprint density at radius 3 is 2.55 bits per heavy atom. The van der Waals surface area contributed by atoms with Crippen LogP contribution < -0.4 is 15.5 Å². The van der Waals surface area contributed by atoms with Gasteiger partial charge < -0.3 is 14.8 Å². The van der Waals surface area contributed by atoms with Crippen LogP contribution >= 0.6 is 0 Å². The molecule has 1 unspecified atom stereocenters. The van der Waals surface area contributed by atoms with Gasteiger partial charge in [0.15, 0.2) is 6.61 Å². The summed E-state index contributed by atoms with van der Waals surface area (Å²) in [6.07, 6.45) is 3.12. The third-order valence-corrected chi connectivity index (χ3v) is 5.03. The van der Waals surface area contributed by atoms with Gasteiger partial charge in [0.25, 0.3) is 11.8 Å². The van der Waals surface area contributed by atoms with Crippen LogP contribution in [0.5, 0.6) is 5.75 Å². The maximum atomic E-state index is 12.2. The van der Waals surface area contributed by atoms with Gasteiger partial charge in [0.05, 0.1) is 7.11 Å². The fourth-order valence-corrected chi connectivity index (χ4v) is 3.00. The van der Waals surface area contributed by atoms with E-state index in [-0.39, 0.29) is 0 Å². The van der Waals surface area contributed by atoms with Crippen LogP contribution in [-0.4, -0.2) is 48.1 Å². The number of hydrogen-bond acceptors (Lipinski definition) is 6. The molecule has 9 heteroatoms. The fourth-order valence-electron chi connectivity index (χ4n) is 3.00. The maximum Gasteiger partial charge on any atom is 0.344 e. The Morgan fingerprint density at radius 1 is 1.16 bits per heavy atom. The predicted octanol–water partition coefficient (Wildman–Crippen LogP) is 2.16. The van der Waals surface area contributed by atoms with Crippen LogP contribution in [0, 0.1) is 0 Å². The molecule has 0 aromatic heterocycles. The Kier molecular flexibility index (Phi) is 6.24. The summed E-state index contributed by atoms with van der Waals surface area (Å²) in [4.78, 5) is 48.0. The Balaban J connectivity index is 1.53. The lowest BCUT2D eigenvalue weighted by molar-refractivity contribution is -0.147. The van der Waals surface area contributed by atoms with Gasteiger partial charge in [-0.15, -0.1) is 0 Å². The first-order valence-corrected chi connectivity index (χ1v) is 9.64. The van der Waals surface area contributed by atoms with Crippen LogP contribution in [0.15, 0.2) is 42.5 Å². The molecule has 0 spiro atoms. The van der Waals surface area contributed by atoms with Crippen LogP contribution in [-0.2, 0) is 19.1 Å². The van der Waals surface area contributed by atoms with E-state index >= 15 is 0 Å². The molecule has 2 aromatic carbocycles. The van der Waals surface area contributed by atoms with Gasteiger partial charge >= 0.3 is 12.0 Å². The third kappa shape index (κ3) is 4.82. The zero-order valence-corrected chi connectivity index (χ0v) is 17.4. The molecule has 4 amide bonds. The molecule has 2 N–H and O–H groups in total. The number of nitrogens with zero attached hydrogens (tertiary/aromatic N) is 1. The lowest BCUT2D eigenvalue weighted by Gasteiger charge is -2.19. The van der Waals surface area contributed by atoms with Gasteiger partial charge in [0.1, 0.15) is 11.3 Å². The van der Waals surface area contributed by atoms with Crippen molar-refractivity contribution in [1.82, 2.24) is 15.8 Å². The molecule has 1 heterocycles. The SMILES string of the molecule is CCC1(C)NC(=O)N(NC(=O)COC(=O)/C=C/c2ccc3cc(OC)ccc3c2)C1=O. The topological polar surface area (TPSA) is 114 Å². The van der Waals surface area contributed by atoms with E-state index in [2.05, 4.69) is 10.7 Å². The Labute approximate surface area is 178 Å². The number of hydrogen-bond donors (Lipinski definition) is 2. The van der Waals surface area contributed by atoms with E-state index in [1.165, 1.54) is 6.08 Å². The van der Waals surface area contributed by atoms with Crippen LogP contribution in [0.25, 0.3) is 16.8 Å².